The highest BCUT2D eigenvalue weighted by atomic mass is 16.3. The van der Waals surface area contributed by atoms with Gasteiger partial charge in [-0.3, -0.25) is 9.59 Å². The van der Waals surface area contributed by atoms with Crippen LogP contribution in [0.2, 0.25) is 0 Å². The average molecular weight is 470 g/mol. The molecule has 10 heteroatoms. The molecule has 1 amide bonds. The number of benzene rings is 2. The molecule has 0 aliphatic heterocycles. The van der Waals surface area contributed by atoms with Crippen molar-refractivity contribution in [2.45, 2.75) is 25.7 Å². The van der Waals surface area contributed by atoms with Crippen LogP contribution in [0.25, 0.3) is 0 Å². The molecular weight excluding hydrogens is 446 g/mol. The molecule has 0 saturated heterocycles. The van der Waals surface area contributed by atoms with Gasteiger partial charge in [-0.2, -0.15) is 0 Å². The van der Waals surface area contributed by atoms with Crippen LogP contribution in [0.4, 0.5) is 0 Å². The first-order chi connectivity index (χ1) is 17.0. The number of rotatable bonds is 7. The molecule has 0 fully saturated rings. The molecule has 1 atom stereocenters. The van der Waals surface area contributed by atoms with E-state index in [0.717, 1.165) is 22.3 Å². The maximum absolute atomic E-state index is 11.8. The van der Waals surface area contributed by atoms with E-state index in [0.29, 0.717) is 18.7 Å². The maximum Gasteiger partial charge on any atom is 0.293 e. The smallest absolute Gasteiger partial charge is 0.293 e. The molecule has 0 saturated carbocycles. The van der Waals surface area contributed by atoms with Crippen LogP contribution in [0.5, 0.6) is 5.75 Å². The van der Waals surface area contributed by atoms with Crippen molar-refractivity contribution in [1.82, 2.24) is 35.9 Å². The summed E-state index contributed by atoms with van der Waals surface area (Å²) in [6.45, 7) is 1.65. The number of H-pyrrole nitrogens is 2. The Kier molecular flexibility index (Phi) is 7.28. The second-order valence-corrected chi connectivity index (χ2v) is 7.97. The molecule has 0 bridgehead atoms. The van der Waals surface area contributed by atoms with Crippen LogP contribution in [0.1, 0.15) is 46.6 Å². The zero-order chi connectivity index (χ0) is 24.6. The summed E-state index contributed by atoms with van der Waals surface area (Å²) in [5.41, 5.74) is 3.40. The van der Waals surface area contributed by atoms with E-state index in [1.165, 1.54) is 13.3 Å². The minimum atomic E-state index is -0.614. The normalized spacial score (nSPS) is 11.3. The second-order valence-electron chi connectivity index (χ2n) is 7.97. The predicted octanol–water partition coefficient (Wildman–Crippen LogP) is 1.44. The van der Waals surface area contributed by atoms with Crippen molar-refractivity contribution in [3.05, 3.63) is 99.0 Å². The first-order valence-electron chi connectivity index (χ1n) is 10.9. The Labute approximate surface area is 200 Å². The van der Waals surface area contributed by atoms with E-state index in [1.54, 1.807) is 0 Å². The first-order valence-corrected chi connectivity index (χ1v) is 10.9. The highest BCUT2D eigenvalue weighted by Gasteiger charge is 2.20. The molecule has 176 valence electrons. The topological polar surface area (TPSA) is 150 Å². The van der Waals surface area contributed by atoms with Gasteiger partial charge in [-0.25, -0.2) is 10.1 Å². The number of aromatic hydroxyl groups is 1. The number of nitrogens with zero attached hydrogens (tertiary/aromatic N) is 4. The van der Waals surface area contributed by atoms with Gasteiger partial charge in [0, 0.05) is 36.9 Å². The third-order valence-electron chi connectivity index (χ3n) is 5.34. The predicted molar refractivity (Wildman–Crippen MR) is 127 cm³/mol. The Balaban J connectivity index is 1.44. The Hall–Kier alpha value is -4.78. The summed E-state index contributed by atoms with van der Waals surface area (Å²) in [6.07, 6.45) is 2.34. The van der Waals surface area contributed by atoms with Gasteiger partial charge in [-0.05, 0) is 52.2 Å². The summed E-state index contributed by atoms with van der Waals surface area (Å²) in [4.78, 5) is 29.7. The highest BCUT2D eigenvalue weighted by molar-refractivity contribution is 5.72. The molecular formula is C25H23N7O3. The fraction of sp³-hybridized carbons (Fsp3) is 0.200. The number of aromatic amines is 2. The van der Waals surface area contributed by atoms with Gasteiger partial charge in [0.2, 0.25) is 11.7 Å². The van der Waals surface area contributed by atoms with Crippen LogP contribution in [0.3, 0.4) is 0 Å². The van der Waals surface area contributed by atoms with Crippen LogP contribution in [-0.2, 0) is 17.6 Å². The van der Waals surface area contributed by atoms with Crippen LogP contribution < -0.4 is 10.9 Å². The van der Waals surface area contributed by atoms with Gasteiger partial charge in [0.1, 0.15) is 0 Å². The van der Waals surface area contributed by atoms with Gasteiger partial charge in [-0.15, -0.1) is 5.10 Å². The van der Waals surface area contributed by atoms with E-state index in [4.69, 9.17) is 0 Å². The van der Waals surface area contributed by atoms with Crippen molar-refractivity contribution in [2.24, 2.45) is 0 Å². The monoisotopic (exact) mass is 469 g/mol. The Bertz CT molecular complexity index is 1400. The van der Waals surface area contributed by atoms with Crippen molar-refractivity contribution in [2.75, 3.05) is 6.54 Å². The molecule has 2 aromatic heterocycles. The summed E-state index contributed by atoms with van der Waals surface area (Å²) >= 11 is 0. The van der Waals surface area contributed by atoms with Crippen LogP contribution in [0, 0.1) is 11.8 Å². The molecule has 0 spiro atoms. The standard InChI is InChI=1S/C25H23N7O3/c1-16(33)26-14-21(23-24(34)25(35)28-15-27-23)12-19-8-4-17(5-9-19)2-3-18-6-10-20(11-7-18)13-22-29-31-32-30-22/h4-11,15,21,34H,12-14H2,1H3,(H,26,33)(H,27,28,35)(H,29,30,31,32). The number of tetrazole rings is 1. The van der Waals surface area contributed by atoms with E-state index in [1.807, 2.05) is 48.5 Å². The lowest BCUT2D eigenvalue weighted by Gasteiger charge is -2.17. The molecule has 4 rings (SSSR count). The fourth-order valence-corrected chi connectivity index (χ4v) is 3.54. The summed E-state index contributed by atoms with van der Waals surface area (Å²) in [5.74, 6) is 6.00. The average Bonchev–Trinajstić information content (AvgIpc) is 3.37. The minimum absolute atomic E-state index is 0.201. The number of carbonyl (C=O) groups is 1. The van der Waals surface area contributed by atoms with Gasteiger partial charge in [0.25, 0.3) is 5.56 Å². The number of amides is 1. The zero-order valence-electron chi connectivity index (χ0n) is 18.9. The molecule has 2 heterocycles. The van der Waals surface area contributed by atoms with Crippen molar-refractivity contribution < 1.29 is 9.90 Å². The lowest BCUT2D eigenvalue weighted by atomic mass is 9.94. The lowest BCUT2D eigenvalue weighted by molar-refractivity contribution is -0.119. The second kappa shape index (κ2) is 10.9. The van der Waals surface area contributed by atoms with E-state index >= 15 is 0 Å². The molecule has 0 aliphatic rings. The van der Waals surface area contributed by atoms with Crippen LogP contribution >= 0.6 is 0 Å². The van der Waals surface area contributed by atoms with Crippen molar-refractivity contribution in [3.63, 3.8) is 0 Å². The highest BCUT2D eigenvalue weighted by Crippen LogP contribution is 2.23. The van der Waals surface area contributed by atoms with Gasteiger partial charge in [0.15, 0.2) is 5.82 Å². The van der Waals surface area contributed by atoms with E-state index in [2.05, 4.69) is 47.7 Å². The van der Waals surface area contributed by atoms with Crippen molar-refractivity contribution >= 4 is 5.91 Å². The first kappa shape index (κ1) is 23.4. The largest absolute Gasteiger partial charge is 0.502 e. The van der Waals surface area contributed by atoms with Gasteiger partial charge < -0.3 is 15.4 Å². The third kappa shape index (κ3) is 6.39. The zero-order valence-corrected chi connectivity index (χ0v) is 18.9. The van der Waals surface area contributed by atoms with E-state index < -0.39 is 11.3 Å². The molecule has 35 heavy (non-hydrogen) atoms. The molecule has 1 unspecified atom stereocenters. The molecule has 0 aliphatic carbocycles. The van der Waals surface area contributed by atoms with Gasteiger partial charge >= 0.3 is 0 Å². The number of aromatic nitrogens is 6. The Morgan fingerprint density at radius 2 is 1.71 bits per heavy atom. The minimum Gasteiger partial charge on any atom is -0.502 e. The summed E-state index contributed by atoms with van der Waals surface area (Å²) < 4.78 is 0. The number of hydrogen-bond donors (Lipinski definition) is 4. The third-order valence-corrected chi connectivity index (χ3v) is 5.34. The lowest BCUT2D eigenvalue weighted by Crippen LogP contribution is -2.28. The number of nitrogens with one attached hydrogen (secondary N) is 3. The van der Waals surface area contributed by atoms with Gasteiger partial charge in [0.05, 0.1) is 12.0 Å². The van der Waals surface area contributed by atoms with Crippen molar-refractivity contribution in [1.29, 1.82) is 0 Å². The molecule has 0 radical (unpaired) electrons. The van der Waals surface area contributed by atoms with Crippen LogP contribution in [-0.4, -0.2) is 48.2 Å². The number of hydrogen-bond acceptors (Lipinski definition) is 7. The van der Waals surface area contributed by atoms with Gasteiger partial charge in [-0.1, -0.05) is 36.1 Å². The van der Waals surface area contributed by atoms with E-state index in [9.17, 15) is 14.7 Å². The SMILES string of the molecule is CC(=O)NCC(Cc1ccc(C#Cc2ccc(Cc3nnn[nH]3)cc2)cc1)c1nc[nH]c(=O)c1O. The summed E-state index contributed by atoms with van der Waals surface area (Å²) in [6, 6.07) is 15.6. The summed E-state index contributed by atoms with van der Waals surface area (Å²) in [5, 5.41) is 26.7. The maximum atomic E-state index is 11.8. The summed E-state index contributed by atoms with van der Waals surface area (Å²) in [7, 11) is 0. The van der Waals surface area contributed by atoms with E-state index in [-0.39, 0.29) is 24.1 Å². The van der Waals surface area contributed by atoms with Crippen molar-refractivity contribution in [3.8, 4) is 17.6 Å². The van der Waals surface area contributed by atoms with Crippen LogP contribution in [0.15, 0.2) is 59.7 Å². The Morgan fingerprint density at radius 1 is 1.06 bits per heavy atom. The Morgan fingerprint density at radius 3 is 2.31 bits per heavy atom. The molecule has 4 N–H and O–H groups in total. The quantitative estimate of drug-likeness (QED) is 0.299. The number of carbonyl (C=O) groups excluding carboxylic acids is 1. The molecule has 10 nitrogen and oxygen atoms in total. The fourth-order valence-electron chi connectivity index (χ4n) is 3.54. The molecule has 4 aromatic rings. The molecule has 2 aromatic carbocycles.